The zero-order chi connectivity index (χ0) is 23.8. The van der Waals surface area contributed by atoms with Crippen molar-refractivity contribution in [3.05, 3.63) is 76.7 Å². The van der Waals surface area contributed by atoms with Crippen LogP contribution in [0.25, 0.3) is 5.82 Å². The van der Waals surface area contributed by atoms with Gasteiger partial charge in [-0.25, -0.2) is 14.7 Å². The summed E-state index contributed by atoms with van der Waals surface area (Å²) >= 11 is 0. The second-order valence-corrected chi connectivity index (χ2v) is 8.14. The van der Waals surface area contributed by atoms with E-state index in [1.165, 1.54) is 0 Å². The number of carbonyl (C=O) groups excluding carboxylic acids is 1. The van der Waals surface area contributed by atoms with Gasteiger partial charge in [0.2, 0.25) is 0 Å². The maximum atomic E-state index is 12.2. The van der Waals surface area contributed by atoms with Crippen LogP contribution >= 0.6 is 24.0 Å². The first-order valence-electron chi connectivity index (χ1n) is 11.2. The molecule has 0 aliphatic heterocycles. The Morgan fingerprint density at radius 3 is 2.50 bits per heavy atom. The molecule has 0 bridgehead atoms. The number of aliphatic imine (C=N–C) groups is 1. The monoisotopic (exact) mass is 575 g/mol. The van der Waals surface area contributed by atoms with Crippen molar-refractivity contribution in [3.63, 3.8) is 0 Å². The van der Waals surface area contributed by atoms with Crippen LogP contribution in [0.4, 0.5) is 0 Å². The summed E-state index contributed by atoms with van der Waals surface area (Å²) in [6.07, 6.45) is 2.63. The number of aromatic nitrogens is 3. The van der Waals surface area contributed by atoms with Gasteiger partial charge in [0.25, 0.3) is 5.91 Å². The molecule has 0 spiro atoms. The van der Waals surface area contributed by atoms with Gasteiger partial charge in [-0.3, -0.25) is 4.79 Å². The topological polar surface area (TPSA) is 87.4 Å². The van der Waals surface area contributed by atoms with E-state index >= 15 is 0 Å². The molecular formula is C25H34IN7O. The van der Waals surface area contributed by atoms with E-state index in [2.05, 4.69) is 25.7 Å². The third kappa shape index (κ3) is 7.54. The van der Waals surface area contributed by atoms with Gasteiger partial charge in [0, 0.05) is 44.6 Å². The van der Waals surface area contributed by atoms with Crippen molar-refractivity contribution in [3.8, 4) is 5.82 Å². The van der Waals surface area contributed by atoms with E-state index in [0.29, 0.717) is 18.7 Å². The summed E-state index contributed by atoms with van der Waals surface area (Å²) in [6, 6.07) is 13.8. The fraction of sp³-hybridized carbons (Fsp3) is 0.360. The second kappa shape index (κ2) is 13.1. The molecule has 0 unspecified atom stereocenters. The Morgan fingerprint density at radius 1 is 1.09 bits per heavy atom. The van der Waals surface area contributed by atoms with Crippen molar-refractivity contribution in [2.75, 3.05) is 27.2 Å². The van der Waals surface area contributed by atoms with Crippen LogP contribution in [0.2, 0.25) is 0 Å². The Bertz CT molecular complexity index is 1110. The van der Waals surface area contributed by atoms with Crippen molar-refractivity contribution in [1.82, 2.24) is 30.3 Å². The normalized spacial score (nSPS) is 11.0. The number of amides is 1. The van der Waals surface area contributed by atoms with Crippen LogP contribution < -0.4 is 10.6 Å². The van der Waals surface area contributed by atoms with Crippen LogP contribution in [-0.4, -0.2) is 58.7 Å². The highest BCUT2D eigenvalue weighted by Gasteiger charge is 2.08. The van der Waals surface area contributed by atoms with Crippen molar-refractivity contribution in [2.45, 2.75) is 33.7 Å². The number of aryl methyl sites for hydroxylation is 2. The van der Waals surface area contributed by atoms with Gasteiger partial charge >= 0.3 is 0 Å². The van der Waals surface area contributed by atoms with Crippen molar-refractivity contribution in [2.24, 2.45) is 4.99 Å². The van der Waals surface area contributed by atoms with E-state index in [1.54, 1.807) is 19.0 Å². The maximum Gasteiger partial charge on any atom is 0.253 e. The molecule has 34 heavy (non-hydrogen) atoms. The second-order valence-electron chi connectivity index (χ2n) is 8.14. The van der Waals surface area contributed by atoms with Gasteiger partial charge in [0.05, 0.1) is 12.2 Å². The first-order valence-corrected chi connectivity index (χ1v) is 11.2. The van der Waals surface area contributed by atoms with Crippen LogP contribution in [0.5, 0.6) is 0 Å². The molecule has 0 saturated carbocycles. The molecular weight excluding hydrogens is 541 g/mol. The zero-order valence-corrected chi connectivity index (χ0v) is 22.8. The Balaban J connectivity index is 0.00000408. The Morgan fingerprint density at radius 2 is 1.88 bits per heavy atom. The zero-order valence-electron chi connectivity index (χ0n) is 20.5. The molecule has 0 atom stereocenters. The molecule has 3 aromatic rings. The van der Waals surface area contributed by atoms with Crippen LogP contribution in [0.1, 0.15) is 39.8 Å². The Kier molecular flexibility index (Phi) is 10.5. The standard InChI is InChI=1S/C25H33N7O.HI/c1-6-26-25(27-13-12-20-8-7-9-22(15-20)24(33)31(4)5)29-17-21-10-11-23(28-16-21)32-19(3)14-18(2)30-32;/h7-11,14-16H,6,12-13,17H2,1-5H3,(H2,26,27,29);1H. The molecule has 0 fully saturated rings. The van der Waals surface area contributed by atoms with Gasteiger partial charge in [-0.05, 0) is 62.6 Å². The summed E-state index contributed by atoms with van der Waals surface area (Å²) in [4.78, 5) is 23.0. The predicted molar refractivity (Wildman–Crippen MR) is 147 cm³/mol. The fourth-order valence-corrected chi connectivity index (χ4v) is 3.45. The summed E-state index contributed by atoms with van der Waals surface area (Å²) in [7, 11) is 3.52. The van der Waals surface area contributed by atoms with Gasteiger partial charge in [-0.15, -0.1) is 24.0 Å². The third-order valence-electron chi connectivity index (χ3n) is 5.09. The SMILES string of the molecule is CCNC(=NCc1ccc(-n2nc(C)cc2C)nc1)NCCc1cccc(C(=O)N(C)C)c1.I. The van der Waals surface area contributed by atoms with E-state index < -0.39 is 0 Å². The minimum Gasteiger partial charge on any atom is -0.357 e. The molecule has 1 amide bonds. The molecule has 0 saturated heterocycles. The number of rotatable bonds is 8. The van der Waals surface area contributed by atoms with Gasteiger partial charge in [0.15, 0.2) is 11.8 Å². The summed E-state index contributed by atoms with van der Waals surface area (Å²) in [5.74, 6) is 1.56. The van der Waals surface area contributed by atoms with E-state index in [0.717, 1.165) is 47.3 Å². The fourth-order valence-electron chi connectivity index (χ4n) is 3.45. The average Bonchev–Trinajstić information content (AvgIpc) is 3.15. The van der Waals surface area contributed by atoms with E-state index in [4.69, 9.17) is 0 Å². The van der Waals surface area contributed by atoms with Crippen molar-refractivity contribution >= 4 is 35.8 Å². The smallest absolute Gasteiger partial charge is 0.253 e. The van der Waals surface area contributed by atoms with Gasteiger partial charge in [0.1, 0.15) is 0 Å². The van der Waals surface area contributed by atoms with E-state index in [1.807, 2.05) is 74.1 Å². The first kappa shape index (κ1) is 27.3. The first-order chi connectivity index (χ1) is 15.9. The number of benzene rings is 1. The summed E-state index contributed by atoms with van der Waals surface area (Å²) in [5.41, 5.74) is 4.86. The van der Waals surface area contributed by atoms with Crippen LogP contribution in [0.3, 0.4) is 0 Å². The van der Waals surface area contributed by atoms with Gasteiger partial charge < -0.3 is 15.5 Å². The molecule has 0 aliphatic carbocycles. The van der Waals surface area contributed by atoms with Crippen LogP contribution in [0, 0.1) is 13.8 Å². The lowest BCUT2D eigenvalue weighted by Crippen LogP contribution is -2.38. The highest BCUT2D eigenvalue weighted by Crippen LogP contribution is 2.11. The number of hydrogen-bond acceptors (Lipinski definition) is 4. The van der Waals surface area contributed by atoms with Crippen molar-refractivity contribution in [1.29, 1.82) is 0 Å². The number of hydrogen-bond donors (Lipinski definition) is 2. The Labute approximate surface area is 218 Å². The molecule has 2 N–H and O–H groups in total. The van der Waals surface area contributed by atoms with E-state index in [-0.39, 0.29) is 29.9 Å². The van der Waals surface area contributed by atoms with Crippen molar-refractivity contribution < 1.29 is 4.79 Å². The lowest BCUT2D eigenvalue weighted by atomic mass is 10.1. The Hall–Kier alpha value is -2.95. The highest BCUT2D eigenvalue weighted by atomic mass is 127. The molecule has 182 valence electrons. The molecule has 1 aromatic carbocycles. The quantitative estimate of drug-likeness (QED) is 0.244. The molecule has 8 nitrogen and oxygen atoms in total. The lowest BCUT2D eigenvalue weighted by Gasteiger charge is -2.13. The number of carbonyl (C=O) groups is 1. The molecule has 9 heteroatoms. The average molecular weight is 575 g/mol. The lowest BCUT2D eigenvalue weighted by molar-refractivity contribution is 0.0827. The molecule has 0 radical (unpaired) electrons. The summed E-state index contributed by atoms with van der Waals surface area (Å²) < 4.78 is 1.84. The minimum absolute atomic E-state index is 0. The maximum absolute atomic E-state index is 12.2. The minimum atomic E-state index is 0. The number of guanidine groups is 1. The number of nitrogens with one attached hydrogen (secondary N) is 2. The molecule has 3 rings (SSSR count). The summed E-state index contributed by atoms with van der Waals surface area (Å²) in [6.45, 7) is 8.03. The van der Waals surface area contributed by atoms with Crippen LogP contribution in [-0.2, 0) is 13.0 Å². The number of pyridine rings is 1. The number of nitrogens with zero attached hydrogens (tertiary/aromatic N) is 5. The van der Waals surface area contributed by atoms with Gasteiger partial charge in [-0.1, -0.05) is 18.2 Å². The third-order valence-corrected chi connectivity index (χ3v) is 5.09. The molecule has 0 aliphatic rings. The highest BCUT2D eigenvalue weighted by molar-refractivity contribution is 14.0. The summed E-state index contributed by atoms with van der Waals surface area (Å²) in [5, 5.41) is 11.1. The molecule has 2 heterocycles. The largest absolute Gasteiger partial charge is 0.357 e. The van der Waals surface area contributed by atoms with Gasteiger partial charge in [-0.2, -0.15) is 5.10 Å². The number of halogens is 1. The predicted octanol–water partition coefficient (Wildman–Crippen LogP) is 3.50. The van der Waals surface area contributed by atoms with Crippen LogP contribution in [0.15, 0.2) is 53.7 Å². The molecule has 2 aromatic heterocycles. The van der Waals surface area contributed by atoms with E-state index in [9.17, 15) is 4.79 Å².